The topological polar surface area (TPSA) is 158 Å². The lowest BCUT2D eigenvalue weighted by Crippen LogP contribution is -2.17. The zero-order chi connectivity index (χ0) is 34.3. The number of benzene rings is 6. The number of carbonyl (C=O) groups is 2. The molecule has 0 unspecified atom stereocenters. The van der Waals surface area contributed by atoms with E-state index >= 15 is 0 Å². The highest BCUT2D eigenvalue weighted by Crippen LogP contribution is 2.39. The maximum absolute atomic E-state index is 12.9. The second-order valence-electron chi connectivity index (χ2n) is 10.6. The summed E-state index contributed by atoms with van der Waals surface area (Å²) in [5.74, 6) is 0.759. The summed E-state index contributed by atoms with van der Waals surface area (Å²) in [5, 5.41) is 44.3. The van der Waals surface area contributed by atoms with E-state index in [2.05, 4.69) is 10.6 Å². The van der Waals surface area contributed by atoms with Crippen LogP contribution in [0.25, 0.3) is 22.3 Å². The Labute approximate surface area is 284 Å². The average molecular weight is 673 g/mol. The number of aromatic hydroxyl groups is 4. The number of phenolic OH excluding ortho intramolecular Hbond substituents is 4. The number of carbonyl (C=O) groups excluding carboxylic acids is 2. The maximum atomic E-state index is 12.9. The Bertz CT molecular complexity index is 1950. The number of nitrogens with one attached hydrogen (secondary N) is 2. The molecule has 0 saturated carbocycles. The molecule has 0 aliphatic heterocycles. The fourth-order valence-corrected chi connectivity index (χ4v) is 5.71. The van der Waals surface area contributed by atoms with E-state index in [1.807, 2.05) is 24.3 Å². The molecule has 0 spiro atoms. The highest BCUT2D eigenvalue weighted by Gasteiger charge is 2.16. The molecule has 6 rings (SSSR count). The van der Waals surface area contributed by atoms with Crippen LogP contribution in [0.2, 0.25) is 0 Å². The first-order valence-electron chi connectivity index (χ1n) is 14.8. The molecular weight excluding hydrogens is 644 g/mol. The van der Waals surface area contributed by atoms with Gasteiger partial charge in [-0.05, 0) is 108 Å². The Kier molecular flexibility index (Phi) is 9.54. The zero-order valence-electron chi connectivity index (χ0n) is 25.5. The summed E-state index contributed by atoms with van der Waals surface area (Å²) >= 11 is 1.37. The van der Waals surface area contributed by atoms with Gasteiger partial charge in [-0.2, -0.15) is 0 Å². The molecule has 6 N–H and O–H groups in total. The third-order valence-corrected chi connectivity index (χ3v) is 8.12. The van der Waals surface area contributed by atoms with Crippen molar-refractivity contribution in [1.82, 2.24) is 0 Å². The molecule has 11 heteroatoms. The van der Waals surface area contributed by atoms with Crippen molar-refractivity contribution in [3.05, 3.63) is 133 Å². The van der Waals surface area contributed by atoms with Crippen molar-refractivity contribution in [3.8, 4) is 56.8 Å². The zero-order valence-corrected chi connectivity index (χ0v) is 26.3. The van der Waals surface area contributed by atoms with Crippen molar-refractivity contribution in [2.75, 3.05) is 10.6 Å². The van der Waals surface area contributed by atoms with Gasteiger partial charge in [0.2, 0.25) is 0 Å². The molecule has 0 saturated heterocycles. The van der Waals surface area contributed by atoms with Crippen LogP contribution >= 0.6 is 11.8 Å². The molecule has 0 bridgehead atoms. The number of amides is 2. The third kappa shape index (κ3) is 8.42. The number of ether oxygens (including phenoxy) is 2. The van der Waals surface area contributed by atoms with Crippen LogP contribution in [-0.2, 0) is 0 Å². The summed E-state index contributed by atoms with van der Waals surface area (Å²) in [6.07, 6.45) is -1.49. The second kappa shape index (κ2) is 14.4. The van der Waals surface area contributed by atoms with Crippen LogP contribution in [0.5, 0.6) is 34.5 Å². The first-order chi connectivity index (χ1) is 23.7. The maximum Gasteiger partial charge on any atom is 0.417 e. The third-order valence-electron chi connectivity index (χ3n) is 7.14. The molecular formula is C38H28N2O8S. The summed E-state index contributed by atoms with van der Waals surface area (Å²) in [4.78, 5) is 27.4. The minimum absolute atomic E-state index is 0.0378. The van der Waals surface area contributed by atoms with Gasteiger partial charge >= 0.3 is 12.2 Å². The molecule has 6 aromatic rings. The van der Waals surface area contributed by atoms with Crippen molar-refractivity contribution in [1.29, 1.82) is 0 Å². The van der Waals surface area contributed by atoms with Gasteiger partial charge in [0.15, 0.2) is 0 Å². The molecule has 2 amide bonds. The lowest BCUT2D eigenvalue weighted by atomic mass is 10.0. The van der Waals surface area contributed by atoms with Gasteiger partial charge < -0.3 is 29.9 Å². The molecule has 244 valence electrons. The van der Waals surface area contributed by atoms with Crippen LogP contribution in [0.3, 0.4) is 0 Å². The summed E-state index contributed by atoms with van der Waals surface area (Å²) in [6.45, 7) is 0. The van der Waals surface area contributed by atoms with Crippen LogP contribution in [0.15, 0.2) is 143 Å². The van der Waals surface area contributed by atoms with Crippen LogP contribution < -0.4 is 20.1 Å². The molecule has 49 heavy (non-hydrogen) atoms. The van der Waals surface area contributed by atoms with Gasteiger partial charge in [0.25, 0.3) is 0 Å². The van der Waals surface area contributed by atoms with E-state index in [1.165, 1.54) is 60.3 Å². The normalized spacial score (nSPS) is 10.6. The number of rotatable bonds is 8. The summed E-state index contributed by atoms with van der Waals surface area (Å²) in [7, 11) is 0. The highest BCUT2D eigenvalue weighted by atomic mass is 32.2. The lowest BCUT2D eigenvalue weighted by molar-refractivity contribution is 0.214. The van der Waals surface area contributed by atoms with Crippen molar-refractivity contribution < 1.29 is 39.5 Å². The molecule has 0 heterocycles. The van der Waals surface area contributed by atoms with Gasteiger partial charge in [0.1, 0.15) is 34.5 Å². The standard InChI is InChI=1S/C38H28N2O8S/c41-25-5-1-23(2-6-25)33-19-17-31(21-35(33)39-37(45)47-29-13-9-27(43)10-14-29)49-32-18-20-34(24-3-7-26(42)8-4-24)36(22-32)40-38(46)48-30-15-11-28(44)12-16-30/h1-22,41-44H,(H,39,45)(H,40,46). The fraction of sp³-hybridized carbons (Fsp3) is 0. The summed E-state index contributed by atoms with van der Waals surface area (Å²) in [5.41, 5.74) is 3.72. The Balaban J connectivity index is 1.29. The SMILES string of the molecule is O=C(Nc1cc(Sc2ccc(-c3ccc(O)cc3)c(NC(=O)Oc3ccc(O)cc3)c2)ccc1-c1ccc(O)cc1)Oc1ccc(O)cc1. The van der Waals surface area contributed by atoms with E-state index in [0.29, 0.717) is 22.5 Å². The summed E-state index contributed by atoms with van der Waals surface area (Å²) in [6, 6.07) is 35.6. The number of hydrogen-bond acceptors (Lipinski definition) is 9. The monoisotopic (exact) mass is 672 g/mol. The Hall–Kier alpha value is -6.59. The Morgan fingerprint density at radius 2 is 0.776 bits per heavy atom. The molecule has 0 fully saturated rings. The van der Waals surface area contributed by atoms with Gasteiger partial charge in [-0.25, -0.2) is 9.59 Å². The first-order valence-corrected chi connectivity index (χ1v) is 15.6. The lowest BCUT2D eigenvalue weighted by Gasteiger charge is -2.15. The largest absolute Gasteiger partial charge is 0.508 e. The van der Waals surface area contributed by atoms with Crippen LogP contribution in [0.1, 0.15) is 0 Å². The molecule has 0 aliphatic carbocycles. The van der Waals surface area contributed by atoms with E-state index in [-0.39, 0.29) is 34.5 Å². The minimum atomic E-state index is -0.746. The molecule has 10 nitrogen and oxygen atoms in total. The molecule has 0 atom stereocenters. The predicted molar refractivity (Wildman–Crippen MR) is 187 cm³/mol. The number of hydrogen-bond donors (Lipinski definition) is 6. The van der Waals surface area contributed by atoms with Gasteiger partial charge in [0, 0.05) is 20.9 Å². The fourth-order valence-electron chi connectivity index (χ4n) is 4.82. The average Bonchev–Trinajstić information content (AvgIpc) is 3.08. The van der Waals surface area contributed by atoms with Crippen LogP contribution in [0, 0.1) is 0 Å². The van der Waals surface area contributed by atoms with E-state index in [4.69, 9.17) is 9.47 Å². The second-order valence-corrected chi connectivity index (χ2v) is 11.8. The highest BCUT2D eigenvalue weighted by molar-refractivity contribution is 7.99. The number of phenols is 4. The molecule has 0 aliphatic rings. The smallest absolute Gasteiger partial charge is 0.417 e. The molecule has 0 aromatic heterocycles. The van der Waals surface area contributed by atoms with Crippen LogP contribution in [0.4, 0.5) is 21.0 Å². The van der Waals surface area contributed by atoms with Crippen molar-refractivity contribution in [2.24, 2.45) is 0 Å². The molecule has 0 radical (unpaired) electrons. The quantitative estimate of drug-likeness (QED) is 0.0927. The van der Waals surface area contributed by atoms with Gasteiger partial charge in [-0.15, -0.1) is 0 Å². The number of anilines is 2. The Morgan fingerprint density at radius 3 is 1.12 bits per heavy atom. The van der Waals surface area contributed by atoms with Crippen molar-refractivity contribution in [3.63, 3.8) is 0 Å². The van der Waals surface area contributed by atoms with E-state index in [9.17, 15) is 30.0 Å². The predicted octanol–water partition coefficient (Wildman–Crippen LogP) is 9.22. The van der Waals surface area contributed by atoms with Gasteiger partial charge in [-0.3, -0.25) is 10.6 Å². The first kappa shape index (κ1) is 32.4. The molecule has 6 aromatic carbocycles. The van der Waals surface area contributed by atoms with Crippen LogP contribution in [-0.4, -0.2) is 32.6 Å². The van der Waals surface area contributed by atoms with Gasteiger partial charge in [0.05, 0.1) is 11.4 Å². The van der Waals surface area contributed by atoms with Gasteiger partial charge in [-0.1, -0.05) is 48.2 Å². The van der Waals surface area contributed by atoms with E-state index in [1.54, 1.807) is 60.7 Å². The van der Waals surface area contributed by atoms with Crippen molar-refractivity contribution in [2.45, 2.75) is 9.79 Å². The van der Waals surface area contributed by atoms with Crippen molar-refractivity contribution >= 4 is 35.3 Å². The van der Waals surface area contributed by atoms with E-state index in [0.717, 1.165) is 20.9 Å². The summed E-state index contributed by atoms with van der Waals surface area (Å²) < 4.78 is 10.8. The van der Waals surface area contributed by atoms with E-state index < -0.39 is 12.2 Å². The minimum Gasteiger partial charge on any atom is -0.508 e. The Morgan fingerprint density at radius 1 is 0.449 bits per heavy atom.